The Labute approximate surface area is 91.4 Å². The molecule has 1 fully saturated rings. The van der Waals surface area contributed by atoms with Crippen molar-refractivity contribution >= 4 is 0 Å². The maximum Gasteiger partial charge on any atom is 0.0789 e. The van der Waals surface area contributed by atoms with Gasteiger partial charge in [0.1, 0.15) is 0 Å². The summed E-state index contributed by atoms with van der Waals surface area (Å²) in [6.07, 6.45) is 6.95. The van der Waals surface area contributed by atoms with Crippen LogP contribution in [0.3, 0.4) is 0 Å². The molecule has 1 nitrogen and oxygen atoms in total. The SMILES string of the molecule is OC=C1CCCC[C]1Cc1ccccc1. The molecule has 0 atom stereocenters. The minimum Gasteiger partial charge on any atom is -0.516 e. The van der Waals surface area contributed by atoms with Gasteiger partial charge in [0, 0.05) is 5.92 Å². The topological polar surface area (TPSA) is 20.2 Å². The molecule has 1 N–H and O–H groups in total. The van der Waals surface area contributed by atoms with Crippen LogP contribution in [0.1, 0.15) is 31.2 Å². The third kappa shape index (κ3) is 2.62. The Morgan fingerprint density at radius 2 is 1.80 bits per heavy atom. The van der Waals surface area contributed by atoms with Crippen LogP contribution in [0.5, 0.6) is 0 Å². The zero-order valence-electron chi connectivity index (χ0n) is 8.95. The molecule has 1 aromatic rings. The van der Waals surface area contributed by atoms with Crippen molar-refractivity contribution in [1.29, 1.82) is 0 Å². The molecule has 1 saturated carbocycles. The van der Waals surface area contributed by atoms with Gasteiger partial charge in [0.15, 0.2) is 0 Å². The Balaban J connectivity index is 2.04. The lowest BCUT2D eigenvalue weighted by molar-refractivity contribution is 0.453. The van der Waals surface area contributed by atoms with E-state index in [0.29, 0.717) is 0 Å². The molecule has 1 heteroatoms. The van der Waals surface area contributed by atoms with Crippen molar-refractivity contribution < 1.29 is 5.11 Å². The summed E-state index contributed by atoms with van der Waals surface area (Å²) in [7, 11) is 0. The Bertz CT molecular complexity index is 326. The number of benzene rings is 1. The van der Waals surface area contributed by atoms with Crippen LogP contribution in [-0.2, 0) is 6.42 Å². The smallest absolute Gasteiger partial charge is 0.0789 e. The third-order valence-corrected chi connectivity index (χ3v) is 3.04. The molecule has 0 spiro atoms. The number of hydrogen-bond acceptors (Lipinski definition) is 1. The van der Waals surface area contributed by atoms with Gasteiger partial charge in [-0.1, -0.05) is 36.8 Å². The van der Waals surface area contributed by atoms with Crippen molar-refractivity contribution in [3.63, 3.8) is 0 Å². The first-order chi connectivity index (χ1) is 7.40. The van der Waals surface area contributed by atoms with E-state index in [1.54, 1.807) is 0 Å². The van der Waals surface area contributed by atoms with Crippen molar-refractivity contribution in [3.05, 3.63) is 53.6 Å². The Morgan fingerprint density at radius 3 is 2.53 bits per heavy atom. The van der Waals surface area contributed by atoms with Crippen LogP contribution in [0, 0.1) is 5.92 Å². The van der Waals surface area contributed by atoms with E-state index in [0.717, 1.165) is 24.8 Å². The fourth-order valence-electron chi connectivity index (χ4n) is 2.19. The van der Waals surface area contributed by atoms with Gasteiger partial charge in [0.2, 0.25) is 0 Å². The Hall–Kier alpha value is -1.24. The second-order valence-electron chi connectivity index (χ2n) is 4.13. The summed E-state index contributed by atoms with van der Waals surface area (Å²) in [5, 5.41) is 9.16. The highest BCUT2D eigenvalue weighted by atomic mass is 16.2. The Kier molecular flexibility index (Phi) is 3.44. The standard InChI is InChI=1S/C14H17O/c15-11-14-9-5-4-8-13(14)10-12-6-2-1-3-7-12/h1-3,6-7,11,15H,4-5,8-10H2. The monoisotopic (exact) mass is 201 g/mol. The van der Waals surface area contributed by atoms with Crippen LogP contribution in [0.15, 0.2) is 42.2 Å². The van der Waals surface area contributed by atoms with E-state index in [1.165, 1.54) is 30.6 Å². The maximum atomic E-state index is 9.16. The van der Waals surface area contributed by atoms with Crippen molar-refractivity contribution in [2.45, 2.75) is 32.1 Å². The molecule has 0 bridgehead atoms. The van der Waals surface area contributed by atoms with Crippen molar-refractivity contribution in [3.8, 4) is 0 Å². The van der Waals surface area contributed by atoms with Gasteiger partial charge in [-0.25, -0.2) is 0 Å². The van der Waals surface area contributed by atoms with Crippen LogP contribution in [0.4, 0.5) is 0 Å². The fourth-order valence-corrected chi connectivity index (χ4v) is 2.19. The summed E-state index contributed by atoms with van der Waals surface area (Å²) in [6, 6.07) is 10.5. The molecule has 1 radical (unpaired) electrons. The molecule has 1 aromatic carbocycles. The van der Waals surface area contributed by atoms with Gasteiger partial charge in [-0.05, 0) is 36.8 Å². The molecular formula is C14H17O. The van der Waals surface area contributed by atoms with Crippen LogP contribution in [0.2, 0.25) is 0 Å². The van der Waals surface area contributed by atoms with Crippen LogP contribution < -0.4 is 0 Å². The first-order valence-corrected chi connectivity index (χ1v) is 5.62. The first kappa shape index (κ1) is 10.3. The van der Waals surface area contributed by atoms with Gasteiger partial charge < -0.3 is 5.11 Å². The van der Waals surface area contributed by atoms with Crippen LogP contribution in [-0.4, -0.2) is 5.11 Å². The van der Waals surface area contributed by atoms with Gasteiger partial charge in [0.25, 0.3) is 0 Å². The van der Waals surface area contributed by atoms with Gasteiger partial charge in [-0.15, -0.1) is 0 Å². The first-order valence-electron chi connectivity index (χ1n) is 5.62. The molecule has 0 saturated heterocycles. The summed E-state index contributed by atoms with van der Waals surface area (Å²) in [5.74, 6) is 1.41. The largest absolute Gasteiger partial charge is 0.516 e. The fraction of sp³-hybridized carbons (Fsp3) is 0.357. The quantitative estimate of drug-likeness (QED) is 0.721. The highest BCUT2D eigenvalue weighted by Gasteiger charge is 2.19. The van der Waals surface area contributed by atoms with Crippen molar-refractivity contribution in [2.75, 3.05) is 0 Å². The van der Waals surface area contributed by atoms with Gasteiger partial charge in [-0.3, -0.25) is 0 Å². The lowest BCUT2D eigenvalue weighted by atomic mass is 9.81. The summed E-state index contributed by atoms with van der Waals surface area (Å²) in [5.41, 5.74) is 2.50. The van der Waals surface area contributed by atoms with E-state index in [2.05, 4.69) is 24.3 Å². The van der Waals surface area contributed by atoms with E-state index >= 15 is 0 Å². The molecule has 1 aliphatic rings. The predicted molar refractivity (Wildman–Crippen MR) is 62.6 cm³/mol. The molecule has 0 unspecified atom stereocenters. The number of hydrogen-bond donors (Lipinski definition) is 1. The zero-order chi connectivity index (χ0) is 10.5. The van der Waals surface area contributed by atoms with Gasteiger partial charge in [-0.2, -0.15) is 0 Å². The van der Waals surface area contributed by atoms with Crippen LogP contribution >= 0.6 is 0 Å². The van der Waals surface area contributed by atoms with E-state index in [9.17, 15) is 0 Å². The lowest BCUT2D eigenvalue weighted by Gasteiger charge is -2.23. The highest BCUT2D eigenvalue weighted by Crippen LogP contribution is 2.33. The van der Waals surface area contributed by atoms with E-state index in [1.807, 2.05) is 6.07 Å². The summed E-state index contributed by atoms with van der Waals surface area (Å²) in [4.78, 5) is 0. The summed E-state index contributed by atoms with van der Waals surface area (Å²) in [6.45, 7) is 0. The maximum absolute atomic E-state index is 9.16. The molecule has 79 valence electrons. The lowest BCUT2D eigenvalue weighted by Crippen LogP contribution is -2.10. The Morgan fingerprint density at radius 1 is 1.07 bits per heavy atom. The van der Waals surface area contributed by atoms with E-state index in [4.69, 9.17) is 5.11 Å². The number of aliphatic hydroxyl groups is 1. The molecule has 0 aliphatic heterocycles. The molecular weight excluding hydrogens is 184 g/mol. The average Bonchev–Trinajstić information content (AvgIpc) is 2.31. The van der Waals surface area contributed by atoms with Crippen molar-refractivity contribution in [1.82, 2.24) is 0 Å². The van der Waals surface area contributed by atoms with Crippen molar-refractivity contribution in [2.24, 2.45) is 0 Å². The number of rotatable bonds is 2. The van der Waals surface area contributed by atoms with E-state index < -0.39 is 0 Å². The number of allylic oxidation sites excluding steroid dienone is 1. The molecule has 1 aliphatic carbocycles. The molecule has 0 aromatic heterocycles. The molecule has 15 heavy (non-hydrogen) atoms. The van der Waals surface area contributed by atoms with Gasteiger partial charge >= 0.3 is 0 Å². The van der Waals surface area contributed by atoms with Gasteiger partial charge in [0.05, 0.1) is 6.26 Å². The highest BCUT2D eigenvalue weighted by molar-refractivity contribution is 5.30. The van der Waals surface area contributed by atoms with Crippen LogP contribution in [0.25, 0.3) is 0 Å². The molecule has 2 rings (SSSR count). The minimum absolute atomic E-state index is 0.993. The minimum atomic E-state index is 0.993. The molecule has 0 heterocycles. The average molecular weight is 201 g/mol. The summed E-state index contributed by atoms with van der Waals surface area (Å²) < 4.78 is 0. The second-order valence-corrected chi connectivity index (χ2v) is 4.13. The molecule has 0 amide bonds. The third-order valence-electron chi connectivity index (χ3n) is 3.04. The second kappa shape index (κ2) is 5.01. The predicted octanol–water partition coefficient (Wildman–Crippen LogP) is 3.82. The number of aliphatic hydroxyl groups excluding tert-OH is 1. The normalized spacial score (nSPS) is 20.7. The van der Waals surface area contributed by atoms with E-state index in [-0.39, 0.29) is 0 Å². The zero-order valence-corrected chi connectivity index (χ0v) is 8.95. The summed E-state index contributed by atoms with van der Waals surface area (Å²) >= 11 is 0.